The molecule has 1 atom stereocenters. The summed E-state index contributed by atoms with van der Waals surface area (Å²) in [6.45, 7) is 4.61. The fraction of sp³-hybridized carbons (Fsp3) is 0.667. The molecule has 0 aliphatic carbocycles. The molecule has 0 amide bonds. The van der Waals surface area contributed by atoms with Crippen LogP contribution in [-0.4, -0.2) is 31.1 Å². The second-order valence-electron chi connectivity index (χ2n) is 4.52. The van der Waals surface area contributed by atoms with E-state index in [4.69, 9.17) is 4.42 Å². The van der Waals surface area contributed by atoms with Crippen LogP contribution in [-0.2, 0) is 0 Å². The van der Waals surface area contributed by atoms with Crippen molar-refractivity contribution in [3.05, 3.63) is 24.2 Å². The molecule has 2 heterocycles. The Kier molecular flexibility index (Phi) is 3.44. The summed E-state index contributed by atoms with van der Waals surface area (Å²) in [5, 5.41) is 3.66. The summed E-state index contributed by atoms with van der Waals surface area (Å²) in [5.74, 6) is 0. The predicted octanol–water partition coefficient (Wildman–Crippen LogP) is 2.02. The Morgan fingerprint density at radius 1 is 1.47 bits per heavy atom. The highest BCUT2D eigenvalue weighted by molar-refractivity contribution is 5.10. The van der Waals surface area contributed by atoms with Crippen LogP contribution in [0.3, 0.4) is 0 Å². The first-order chi connectivity index (χ1) is 7.25. The highest BCUT2D eigenvalue weighted by Gasteiger charge is 2.18. The standard InChI is InChI=1S/C12H20N2O/c1-10(11-5-8-15-9-11)13-12-3-6-14(2)7-4-12/h5,8-10,12-13H,3-4,6-7H2,1-2H3. The summed E-state index contributed by atoms with van der Waals surface area (Å²) in [5.41, 5.74) is 1.24. The van der Waals surface area contributed by atoms with Crippen molar-refractivity contribution in [3.63, 3.8) is 0 Å². The van der Waals surface area contributed by atoms with Gasteiger partial charge in [0.15, 0.2) is 0 Å². The maximum absolute atomic E-state index is 5.09. The van der Waals surface area contributed by atoms with Crippen molar-refractivity contribution in [1.82, 2.24) is 10.2 Å². The average Bonchev–Trinajstić information content (AvgIpc) is 2.74. The summed E-state index contributed by atoms with van der Waals surface area (Å²) < 4.78 is 5.09. The van der Waals surface area contributed by atoms with Crippen LogP contribution < -0.4 is 5.32 Å². The third-order valence-corrected chi connectivity index (χ3v) is 3.25. The van der Waals surface area contributed by atoms with Gasteiger partial charge >= 0.3 is 0 Å². The molecule has 1 saturated heterocycles. The van der Waals surface area contributed by atoms with Crippen LogP contribution in [0.2, 0.25) is 0 Å². The molecule has 1 aromatic heterocycles. The molecule has 1 fully saturated rings. The molecule has 0 bridgehead atoms. The van der Waals surface area contributed by atoms with Crippen LogP contribution >= 0.6 is 0 Å². The fourth-order valence-corrected chi connectivity index (χ4v) is 2.15. The van der Waals surface area contributed by atoms with Gasteiger partial charge < -0.3 is 14.6 Å². The number of rotatable bonds is 3. The van der Waals surface area contributed by atoms with Crippen LogP contribution in [0.1, 0.15) is 31.4 Å². The number of nitrogens with one attached hydrogen (secondary N) is 1. The van der Waals surface area contributed by atoms with E-state index < -0.39 is 0 Å². The molecule has 84 valence electrons. The first-order valence-corrected chi connectivity index (χ1v) is 5.72. The Morgan fingerprint density at radius 2 is 2.20 bits per heavy atom. The smallest absolute Gasteiger partial charge is 0.0950 e. The first-order valence-electron chi connectivity index (χ1n) is 5.72. The molecule has 1 unspecified atom stereocenters. The van der Waals surface area contributed by atoms with Gasteiger partial charge in [-0.3, -0.25) is 0 Å². The number of likely N-dealkylation sites (tertiary alicyclic amines) is 1. The molecule has 1 aliphatic heterocycles. The zero-order chi connectivity index (χ0) is 10.7. The fourth-order valence-electron chi connectivity index (χ4n) is 2.15. The molecule has 0 aromatic carbocycles. The molecular formula is C12H20N2O. The van der Waals surface area contributed by atoms with E-state index in [9.17, 15) is 0 Å². The quantitative estimate of drug-likeness (QED) is 0.824. The van der Waals surface area contributed by atoms with Gasteiger partial charge in [0.1, 0.15) is 0 Å². The lowest BCUT2D eigenvalue weighted by molar-refractivity contribution is 0.226. The van der Waals surface area contributed by atoms with Crippen molar-refractivity contribution in [2.24, 2.45) is 0 Å². The van der Waals surface area contributed by atoms with E-state index in [0.717, 1.165) is 0 Å². The Balaban J connectivity index is 1.82. The first kappa shape index (κ1) is 10.7. The molecule has 0 radical (unpaired) electrons. The lowest BCUT2D eigenvalue weighted by atomic mass is 10.0. The van der Waals surface area contributed by atoms with Gasteiger partial charge in [-0.2, -0.15) is 0 Å². The van der Waals surface area contributed by atoms with Gasteiger partial charge in [0.2, 0.25) is 0 Å². The van der Waals surface area contributed by atoms with E-state index in [1.165, 1.54) is 31.5 Å². The minimum atomic E-state index is 0.400. The van der Waals surface area contributed by atoms with Gasteiger partial charge in [-0.25, -0.2) is 0 Å². The Hall–Kier alpha value is -0.800. The Morgan fingerprint density at radius 3 is 2.80 bits per heavy atom. The third-order valence-electron chi connectivity index (χ3n) is 3.25. The van der Waals surface area contributed by atoms with Crippen molar-refractivity contribution in [2.45, 2.75) is 31.8 Å². The SMILES string of the molecule is CC(NC1CCN(C)CC1)c1ccoc1. The molecule has 0 saturated carbocycles. The number of furan rings is 1. The molecule has 1 aliphatic rings. The second-order valence-corrected chi connectivity index (χ2v) is 4.52. The molecule has 2 rings (SSSR count). The predicted molar refractivity (Wildman–Crippen MR) is 60.8 cm³/mol. The van der Waals surface area contributed by atoms with Gasteiger partial charge in [-0.15, -0.1) is 0 Å². The van der Waals surface area contributed by atoms with Gasteiger partial charge in [0.25, 0.3) is 0 Å². The van der Waals surface area contributed by atoms with Gasteiger partial charge in [0.05, 0.1) is 12.5 Å². The Bertz CT molecular complexity index is 276. The van der Waals surface area contributed by atoms with Crippen molar-refractivity contribution in [2.75, 3.05) is 20.1 Å². The molecule has 3 nitrogen and oxygen atoms in total. The van der Waals surface area contributed by atoms with Gasteiger partial charge in [-0.1, -0.05) is 0 Å². The lowest BCUT2D eigenvalue weighted by Crippen LogP contribution is -2.41. The van der Waals surface area contributed by atoms with Gasteiger partial charge in [-0.05, 0) is 46.0 Å². The summed E-state index contributed by atoms with van der Waals surface area (Å²) >= 11 is 0. The third kappa shape index (κ3) is 2.83. The average molecular weight is 208 g/mol. The molecule has 1 aromatic rings. The normalized spacial score (nSPS) is 21.7. The summed E-state index contributed by atoms with van der Waals surface area (Å²) in [7, 11) is 2.19. The van der Waals surface area contributed by atoms with E-state index in [2.05, 4.69) is 24.2 Å². The number of piperidine rings is 1. The lowest BCUT2D eigenvalue weighted by Gasteiger charge is -2.31. The Labute approximate surface area is 91.4 Å². The van der Waals surface area contributed by atoms with Crippen molar-refractivity contribution in [1.29, 1.82) is 0 Å². The zero-order valence-electron chi connectivity index (χ0n) is 9.57. The zero-order valence-corrected chi connectivity index (χ0v) is 9.57. The topological polar surface area (TPSA) is 28.4 Å². The van der Waals surface area contributed by atoms with Crippen LogP contribution in [0.25, 0.3) is 0 Å². The number of hydrogen-bond acceptors (Lipinski definition) is 3. The molecule has 0 spiro atoms. The van der Waals surface area contributed by atoms with Crippen LogP contribution in [0.5, 0.6) is 0 Å². The van der Waals surface area contributed by atoms with E-state index >= 15 is 0 Å². The largest absolute Gasteiger partial charge is 0.472 e. The van der Waals surface area contributed by atoms with E-state index in [0.29, 0.717) is 12.1 Å². The summed E-state index contributed by atoms with van der Waals surface area (Å²) in [6.07, 6.45) is 6.06. The minimum Gasteiger partial charge on any atom is -0.472 e. The maximum Gasteiger partial charge on any atom is 0.0950 e. The van der Waals surface area contributed by atoms with Gasteiger partial charge in [0, 0.05) is 17.6 Å². The summed E-state index contributed by atoms with van der Waals surface area (Å²) in [6, 6.07) is 3.09. The maximum atomic E-state index is 5.09. The van der Waals surface area contributed by atoms with E-state index in [1.54, 1.807) is 6.26 Å². The minimum absolute atomic E-state index is 0.400. The molecule has 3 heteroatoms. The van der Waals surface area contributed by atoms with Crippen LogP contribution in [0, 0.1) is 0 Å². The van der Waals surface area contributed by atoms with Crippen molar-refractivity contribution < 1.29 is 4.42 Å². The number of hydrogen-bond donors (Lipinski definition) is 1. The highest BCUT2D eigenvalue weighted by Crippen LogP contribution is 2.16. The monoisotopic (exact) mass is 208 g/mol. The van der Waals surface area contributed by atoms with Crippen LogP contribution in [0.15, 0.2) is 23.0 Å². The second kappa shape index (κ2) is 4.81. The van der Waals surface area contributed by atoms with E-state index in [-0.39, 0.29) is 0 Å². The van der Waals surface area contributed by atoms with Crippen LogP contribution in [0.4, 0.5) is 0 Å². The van der Waals surface area contributed by atoms with Crippen molar-refractivity contribution >= 4 is 0 Å². The number of nitrogens with zero attached hydrogens (tertiary/aromatic N) is 1. The van der Waals surface area contributed by atoms with Crippen molar-refractivity contribution in [3.8, 4) is 0 Å². The molecule has 1 N–H and O–H groups in total. The highest BCUT2D eigenvalue weighted by atomic mass is 16.3. The van der Waals surface area contributed by atoms with E-state index in [1.807, 2.05) is 12.3 Å². The summed E-state index contributed by atoms with van der Waals surface area (Å²) in [4.78, 5) is 2.39. The molecular weight excluding hydrogens is 188 g/mol. The molecule has 15 heavy (non-hydrogen) atoms.